The summed E-state index contributed by atoms with van der Waals surface area (Å²) < 4.78 is 5.11. The minimum Gasteiger partial charge on any atom is -0.444 e. The van der Waals surface area contributed by atoms with E-state index in [1.807, 2.05) is 57.2 Å². The molecule has 0 atom stereocenters. The van der Waals surface area contributed by atoms with Crippen LogP contribution in [0, 0.1) is 0 Å². The van der Waals surface area contributed by atoms with Crippen LogP contribution in [0.4, 0.5) is 10.5 Å². The van der Waals surface area contributed by atoms with Crippen molar-refractivity contribution in [1.29, 1.82) is 0 Å². The predicted molar refractivity (Wildman–Crippen MR) is 77.5 cm³/mol. The van der Waals surface area contributed by atoms with E-state index >= 15 is 0 Å². The monoisotopic (exact) mass is 263 g/mol. The van der Waals surface area contributed by atoms with Crippen LogP contribution in [0.5, 0.6) is 0 Å². The Hall–Kier alpha value is -2.01. The number of anilines is 1. The number of hydrogen-bond donors (Lipinski definition) is 3. The average Bonchev–Trinajstić information content (AvgIpc) is 2.33. The second kappa shape index (κ2) is 6.80. The first-order valence-corrected chi connectivity index (χ1v) is 6.11. The van der Waals surface area contributed by atoms with Gasteiger partial charge in [0, 0.05) is 12.2 Å². The van der Waals surface area contributed by atoms with Crippen LogP contribution in [-0.2, 0) is 4.74 Å². The number of carbonyl (C=O) groups excluding carboxylic acids is 1. The highest BCUT2D eigenvalue weighted by molar-refractivity contribution is 5.68. The molecule has 0 aliphatic rings. The lowest BCUT2D eigenvalue weighted by atomic mass is 10.2. The number of nitrogens with two attached hydrogens (primary N) is 1. The van der Waals surface area contributed by atoms with Crippen molar-refractivity contribution in [3.63, 3.8) is 0 Å². The first-order chi connectivity index (χ1) is 8.90. The summed E-state index contributed by atoms with van der Waals surface area (Å²) in [4.78, 5) is 11.4. The van der Waals surface area contributed by atoms with E-state index in [0.29, 0.717) is 6.54 Å². The maximum atomic E-state index is 11.4. The lowest BCUT2D eigenvalue weighted by Gasteiger charge is -2.19. The zero-order valence-electron chi connectivity index (χ0n) is 11.6. The van der Waals surface area contributed by atoms with Gasteiger partial charge in [0.1, 0.15) is 5.60 Å². The van der Waals surface area contributed by atoms with Gasteiger partial charge in [-0.15, -0.1) is 0 Å². The highest BCUT2D eigenvalue weighted by Gasteiger charge is 2.14. The number of benzene rings is 1. The molecule has 0 fully saturated rings. The molecule has 0 unspecified atom stereocenters. The van der Waals surface area contributed by atoms with Gasteiger partial charge in [-0.25, -0.2) is 4.79 Å². The SMILES string of the molecule is CC(C)(C)OC(=O)NCC=Cc1ccc(NN)cc1. The van der Waals surface area contributed by atoms with Gasteiger partial charge in [-0.05, 0) is 38.5 Å². The van der Waals surface area contributed by atoms with Crippen LogP contribution in [-0.4, -0.2) is 18.2 Å². The molecule has 19 heavy (non-hydrogen) atoms. The Morgan fingerprint density at radius 1 is 1.32 bits per heavy atom. The molecule has 0 aliphatic carbocycles. The van der Waals surface area contributed by atoms with Crippen molar-refractivity contribution >= 4 is 17.9 Å². The van der Waals surface area contributed by atoms with Gasteiger partial charge in [0.05, 0.1) is 0 Å². The fourth-order valence-electron chi connectivity index (χ4n) is 1.34. The van der Waals surface area contributed by atoms with Gasteiger partial charge < -0.3 is 15.5 Å². The highest BCUT2D eigenvalue weighted by Crippen LogP contribution is 2.09. The molecule has 1 aromatic carbocycles. The molecule has 5 heteroatoms. The molecule has 4 N–H and O–H groups in total. The van der Waals surface area contributed by atoms with E-state index in [-0.39, 0.29) is 0 Å². The van der Waals surface area contributed by atoms with Gasteiger partial charge in [-0.2, -0.15) is 0 Å². The molecule has 5 nitrogen and oxygen atoms in total. The molecular formula is C14H21N3O2. The predicted octanol–water partition coefficient (Wildman–Crippen LogP) is 2.51. The first kappa shape index (κ1) is 15.0. The summed E-state index contributed by atoms with van der Waals surface area (Å²) in [6, 6.07) is 7.61. The van der Waals surface area contributed by atoms with E-state index in [1.165, 1.54) is 0 Å². The fourth-order valence-corrected chi connectivity index (χ4v) is 1.34. The number of nitrogen functional groups attached to an aromatic ring is 1. The first-order valence-electron chi connectivity index (χ1n) is 6.11. The lowest BCUT2D eigenvalue weighted by Crippen LogP contribution is -2.32. The third kappa shape index (κ3) is 6.47. The Morgan fingerprint density at radius 2 is 1.95 bits per heavy atom. The summed E-state index contributed by atoms with van der Waals surface area (Å²) in [5.74, 6) is 5.28. The van der Waals surface area contributed by atoms with Crippen LogP contribution in [0.2, 0.25) is 0 Å². The Kier molecular flexibility index (Phi) is 5.38. The van der Waals surface area contributed by atoms with Crippen molar-refractivity contribution in [3.8, 4) is 0 Å². The second-order valence-electron chi connectivity index (χ2n) is 5.05. The normalized spacial score (nSPS) is 11.4. The molecule has 1 amide bonds. The van der Waals surface area contributed by atoms with E-state index in [4.69, 9.17) is 10.6 Å². The number of amides is 1. The quantitative estimate of drug-likeness (QED) is 0.576. The minimum absolute atomic E-state index is 0.417. The maximum absolute atomic E-state index is 11.4. The minimum atomic E-state index is -0.473. The van der Waals surface area contributed by atoms with Crippen LogP contribution >= 0.6 is 0 Å². The van der Waals surface area contributed by atoms with Gasteiger partial charge in [0.2, 0.25) is 0 Å². The van der Waals surface area contributed by atoms with E-state index < -0.39 is 11.7 Å². The Bertz CT molecular complexity index is 433. The topological polar surface area (TPSA) is 76.4 Å². The molecule has 0 aliphatic heterocycles. The van der Waals surface area contributed by atoms with Crippen LogP contribution in [0.25, 0.3) is 6.08 Å². The van der Waals surface area contributed by atoms with E-state index in [9.17, 15) is 4.79 Å². The molecular weight excluding hydrogens is 242 g/mol. The fraction of sp³-hybridized carbons (Fsp3) is 0.357. The van der Waals surface area contributed by atoms with Gasteiger partial charge in [0.25, 0.3) is 0 Å². The average molecular weight is 263 g/mol. The molecule has 0 aromatic heterocycles. The summed E-state index contributed by atoms with van der Waals surface area (Å²) in [5.41, 5.74) is 3.97. The van der Waals surface area contributed by atoms with E-state index in [2.05, 4.69) is 10.7 Å². The number of nitrogens with one attached hydrogen (secondary N) is 2. The summed E-state index contributed by atoms with van der Waals surface area (Å²) in [7, 11) is 0. The molecule has 0 saturated heterocycles. The van der Waals surface area contributed by atoms with Gasteiger partial charge in [-0.3, -0.25) is 5.84 Å². The molecule has 1 rings (SSSR count). The van der Waals surface area contributed by atoms with Crippen LogP contribution in [0.3, 0.4) is 0 Å². The largest absolute Gasteiger partial charge is 0.444 e. The number of alkyl carbamates (subject to hydrolysis) is 1. The Labute approximate surface area is 113 Å². The van der Waals surface area contributed by atoms with E-state index in [1.54, 1.807) is 0 Å². The van der Waals surface area contributed by atoms with Crippen molar-refractivity contribution < 1.29 is 9.53 Å². The number of carbonyl (C=O) groups is 1. The second-order valence-corrected chi connectivity index (χ2v) is 5.05. The molecule has 1 aromatic rings. The third-order valence-corrected chi connectivity index (χ3v) is 2.15. The molecule has 0 bridgehead atoms. The van der Waals surface area contributed by atoms with Gasteiger partial charge in [0.15, 0.2) is 0 Å². The third-order valence-electron chi connectivity index (χ3n) is 2.15. The molecule has 104 valence electrons. The van der Waals surface area contributed by atoms with Crippen molar-refractivity contribution in [3.05, 3.63) is 35.9 Å². The standard InChI is InChI=1S/C14H21N3O2/c1-14(2,3)19-13(18)16-10-4-5-11-6-8-12(17-15)9-7-11/h4-9,17H,10,15H2,1-3H3,(H,16,18). The van der Waals surface area contributed by atoms with Crippen LogP contribution < -0.4 is 16.6 Å². The number of rotatable bonds is 4. The van der Waals surface area contributed by atoms with Crippen molar-refractivity contribution in [2.45, 2.75) is 26.4 Å². The van der Waals surface area contributed by atoms with E-state index in [0.717, 1.165) is 11.3 Å². The zero-order valence-corrected chi connectivity index (χ0v) is 11.6. The molecule has 0 spiro atoms. The van der Waals surface area contributed by atoms with Crippen molar-refractivity contribution in [1.82, 2.24) is 5.32 Å². The Balaban J connectivity index is 2.35. The smallest absolute Gasteiger partial charge is 0.407 e. The summed E-state index contributed by atoms with van der Waals surface area (Å²) in [5, 5.41) is 2.65. The summed E-state index contributed by atoms with van der Waals surface area (Å²) in [6.07, 6.45) is 3.35. The van der Waals surface area contributed by atoms with Crippen LogP contribution in [0.1, 0.15) is 26.3 Å². The van der Waals surface area contributed by atoms with Gasteiger partial charge in [-0.1, -0.05) is 24.3 Å². The summed E-state index contributed by atoms with van der Waals surface area (Å²) in [6.45, 7) is 5.91. The Morgan fingerprint density at radius 3 is 2.47 bits per heavy atom. The molecule has 0 heterocycles. The van der Waals surface area contributed by atoms with Crippen molar-refractivity contribution in [2.75, 3.05) is 12.0 Å². The van der Waals surface area contributed by atoms with Crippen LogP contribution in [0.15, 0.2) is 30.3 Å². The summed E-state index contributed by atoms with van der Waals surface area (Å²) >= 11 is 0. The molecule has 0 saturated carbocycles. The molecule has 0 radical (unpaired) electrons. The zero-order chi connectivity index (χ0) is 14.3. The number of hydrazine groups is 1. The maximum Gasteiger partial charge on any atom is 0.407 e. The lowest BCUT2D eigenvalue weighted by molar-refractivity contribution is 0.0534. The number of hydrogen-bond acceptors (Lipinski definition) is 4. The number of ether oxygens (including phenoxy) is 1. The van der Waals surface area contributed by atoms with Gasteiger partial charge >= 0.3 is 6.09 Å². The van der Waals surface area contributed by atoms with Crippen molar-refractivity contribution in [2.24, 2.45) is 5.84 Å². The highest BCUT2D eigenvalue weighted by atomic mass is 16.6.